The van der Waals surface area contributed by atoms with Crippen LogP contribution >= 0.6 is 0 Å². The van der Waals surface area contributed by atoms with Gasteiger partial charge in [-0.15, -0.1) is 0 Å². The van der Waals surface area contributed by atoms with Gasteiger partial charge in [0, 0.05) is 24.8 Å². The minimum atomic E-state index is 0.186. The summed E-state index contributed by atoms with van der Waals surface area (Å²) in [5, 5.41) is 12.8. The monoisotopic (exact) mass is 220 g/mol. The van der Waals surface area contributed by atoms with Gasteiger partial charge in [-0.25, -0.2) is 0 Å². The second kappa shape index (κ2) is 4.85. The molecule has 2 N–H and O–H groups in total. The maximum Gasteiger partial charge on any atom is 0.0649 e. The Morgan fingerprint density at radius 1 is 1.44 bits per heavy atom. The zero-order valence-electron chi connectivity index (χ0n) is 9.98. The smallest absolute Gasteiger partial charge is 0.0649 e. The van der Waals surface area contributed by atoms with E-state index in [2.05, 4.69) is 48.3 Å². The zero-order valence-corrected chi connectivity index (χ0v) is 9.98. The molecular weight excluding hydrogens is 200 g/mol. The molecule has 0 radical (unpaired) electrons. The van der Waals surface area contributed by atoms with Crippen LogP contribution in [0.3, 0.4) is 0 Å². The molecule has 0 aliphatic carbocycles. The first-order chi connectivity index (χ1) is 7.72. The molecule has 1 aromatic rings. The van der Waals surface area contributed by atoms with Gasteiger partial charge in [-0.2, -0.15) is 0 Å². The number of aliphatic hydroxyl groups excluding tert-OH is 1. The molecule has 1 aliphatic heterocycles. The van der Waals surface area contributed by atoms with Gasteiger partial charge in [0.1, 0.15) is 0 Å². The minimum absolute atomic E-state index is 0.186. The van der Waals surface area contributed by atoms with E-state index in [9.17, 15) is 5.11 Å². The van der Waals surface area contributed by atoms with Crippen molar-refractivity contribution < 1.29 is 5.11 Å². The number of benzene rings is 1. The summed E-state index contributed by atoms with van der Waals surface area (Å²) in [6, 6.07) is 9.10. The third kappa shape index (κ3) is 2.20. The lowest BCUT2D eigenvalue weighted by Gasteiger charge is -2.42. The van der Waals surface area contributed by atoms with Crippen LogP contribution < -0.4 is 10.2 Å². The Morgan fingerprint density at radius 3 is 2.94 bits per heavy atom. The standard InChI is InChI=1S/C13H20N2O/c1-10-4-3-5-12(6-10)15-11(2)7-14-8-13(15)9-16/h3-6,11,13-14,16H,7-9H2,1-2H3. The molecule has 1 saturated heterocycles. The molecule has 2 rings (SSSR count). The molecule has 0 bridgehead atoms. The summed E-state index contributed by atoms with van der Waals surface area (Å²) >= 11 is 0. The van der Waals surface area contributed by atoms with Crippen LogP contribution in [0.2, 0.25) is 0 Å². The first kappa shape index (κ1) is 11.4. The molecule has 3 heteroatoms. The Labute approximate surface area is 97.1 Å². The van der Waals surface area contributed by atoms with Crippen molar-refractivity contribution in [1.82, 2.24) is 5.32 Å². The lowest BCUT2D eigenvalue weighted by Crippen LogP contribution is -2.58. The summed E-state index contributed by atoms with van der Waals surface area (Å²) < 4.78 is 0. The molecule has 0 saturated carbocycles. The topological polar surface area (TPSA) is 35.5 Å². The van der Waals surface area contributed by atoms with Gasteiger partial charge in [-0.05, 0) is 31.5 Å². The van der Waals surface area contributed by atoms with Gasteiger partial charge in [-0.3, -0.25) is 0 Å². The highest BCUT2D eigenvalue weighted by Crippen LogP contribution is 2.22. The Kier molecular flexibility index (Phi) is 3.46. The molecule has 16 heavy (non-hydrogen) atoms. The number of hydrogen-bond acceptors (Lipinski definition) is 3. The van der Waals surface area contributed by atoms with Crippen molar-refractivity contribution in [1.29, 1.82) is 0 Å². The summed E-state index contributed by atoms with van der Waals surface area (Å²) in [6.07, 6.45) is 0. The molecule has 1 heterocycles. The maximum absolute atomic E-state index is 9.43. The maximum atomic E-state index is 9.43. The van der Waals surface area contributed by atoms with Crippen molar-refractivity contribution in [2.75, 3.05) is 24.6 Å². The minimum Gasteiger partial charge on any atom is -0.394 e. The van der Waals surface area contributed by atoms with E-state index < -0.39 is 0 Å². The van der Waals surface area contributed by atoms with Crippen LogP contribution in [0.1, 0.15) is 12.5 Å². The molecule has 1 aliphatic rings. The van der Waals surface area contributed by atoms with E-state index in [1.165, 1.54) is 11.3 Å². The molecule has 0 amide bonds. The number of rotatable bonds is 2. The number of nitrogens with zero attached hydrogens (tertiary/aromatic N) is 1. The highest BCUT2D eigenvalue weighted by Gasteiger charge is 2.27. The van der Waals surface area contributed by atoms with Crippen molar-refractivity contribution >= 4 is 5.69 Å². The predicted molar refractivity (Wildman–Crippen MR) is 66.9 cm³/mol. The highest BCUT2D eigenvalue weighted by atomic mass is 16.3. The number of anilines is 1. The molecule has 0 spiro atoms. The van der Waals surface area contributed by atoms with E-state index in [-0.39, 0.29) is 12.6 Å². The van der Waals surface area contributed by atoms with Crippen molar-refractivity contribution in [2.24, 2.45) is 0 Å². The van der Waals surface area contributed by atoms with E-state index in [0.717, 1.165) is 13.1 Å². The average Bonchev–Trinajstić information content (AvgIpc) is 2.28. The fraction of sp³-hybridized carbons (Fsp3) is 0.538. The molecule has 2 unspecified atom stereocenters. The summed E-state index contributed by atoms with van der Waals surface area (Å²) in [5.74, 6) is 0. The van der Waals surface area contributed by atoms with Gasteiger partial charge in [0.05, 0.1) is 12.6 Å². The predicted octanol–water partition coefficient (Wildman–Crippen LogP) is 1.15. The van der Waals surface area contributed by atoms with Gasteiger partial charge < -0.3 is 15.3 Å². The second-order valence-corrected chi connectivity index (χ2v) is 4.59. The molecule has 88 valence electrons. The first-order valence-corrected chi connectivity index (χ1v) is 5.89. The fourth-order valence-electron chi connectivity index (χ4n) is 2.42. The lowest BCUT2D eigenvalue weighted by atomic mass is 10.1. The Hall–Kier alpha value is -1.06. The number of aliphatic hydroxyl groups is 1. The quantitative estimate of drug-likeness (QED) is 0.785. The number of nitrogens with one attached hydrogen (secondary N) is 1. The third-order valence-corrected chi connectivity index (χ3v) is 3.20. The normalized spacial score (nSPS) is 25.8. The molecule has 0 aromatic heterocycles. The van der Waals surface area contributed by atoms with Crippen molar-refractivity contribution in [3.8, 4) is 0 Å². The SMILES string of the molecule is Cc1cccc(N2C(C)CNCC2CO)c1. The van der Waals surface area contributed by atoms with Crippen LogP contribution in [0.4, 0.5) is 5.69 Å². The first-order valence-electron chi connectivity index (χ1n) is 5.89. The highest BCUT2D eigenvalue weighted by molar-refractivity contribution is 5.51. The van der Waals surface area contributed by atoms with Crippen molar-refractivity contribution in [2.45, 2.75) is 25.9 Å². The largest absolute Gasteiger partial charge is 0.394 e. The number of piperazine rings is 1. The van der Waals surface area contributed by atoms with Gasteiger partial charge in [-0.1, -0.05) is 12.1 Å². The van der Waals surface area contributed by atoms with E-state index in [0.29, 0.717) is 6.04 Å². The van der Waals surface area contributed by atoms with E-state index in [1.54, 1.807) is 0 Å². The van der Waals surface area contributed by atoms with Crippen molar-refractivity contribution in [3.63, 3.8) is 0 Å². The van der Waals surface area contributed by atoms with Gasteiger partial charge >= 0.3 is 0 Å². The molecule has 1 aromatic carbocycles. The summed E-state index contributed by atoms with van der Waals surface area (Å²) in [7, 11) is 0. The summed E-state index contributed by atoms with van der Waals surface area (Å²) in [4.78, 5) is 2.32. The van der Waals surface area contributed by atoms with E-state index in [1.807, 2.05) is 0 Å². The molecular formula is C13H20N2O. The van der Waals surface area contributed by atoms with Gasteiger partial charge in [0.2, 0.25) is 0 Å². The molecule has 1 fully saturated rings. The Morgan fingerprint density at radius 2 is 2.25 bits per heavy atom. The van der Waals surface area contributed by atoms with Crippen LogP contribution in [0, 0.1) is 6.92 Å². The summed E-state index contributed by atoms with van der Waals surface area (Å²) in [6.45, 7) is 6.33. The van der Waals surface area contributed by atoms with Gasteiger partial charge in [0.25, 0.3) is 0 Å². The van der Waals surface area contributed by atoms with Gasteiger partial charge in [0.15, 0.2) is 0 Å². The molecule has 3 nitrogen and oxygen atoms in total. The lowest BCUT2D eigenvalue weighted by molar-refractivity contribution is 0.235. The van der Waals surface area contributed by atoms with Crippen molar-refractivity contribution in [3.05, 3.63) is 29.8 Å². The van der Waals surface area contributed by atoms with Crippen LogP contribution in [-0.2, 0) is 0 Å². The number of aryl methyl sites for hydroxylation is 1. The van der Waals surface area contributed by atoms with Crippen LogP contribution in [-0.4, -0.2) is 36.9 Å². The Balaban J connectivity index is 2.28. The zero-order chi connectivity index (χ0) is 11.5. The number of hydrogen-bond donors (Lipinski definition) is 2. The third-order valence-electron chi connectivity index (χ3n) is 3.20. The average molecular weight is 220 g/mol. The summed E-state index contributed by atoms with van der Waals surface area (Å²) in [5.41, 5.74) is 2.48. The molecule has 2 atom stereocenters. The fourth-order valence-corrected chi connectivity index (χ4v) is 2.42. The van der Waals surface area contributed by atoms with E-state index >= 15 is 0 Å². The van der Waals surface area contributed by atoms with Crippen LogP contribution in [0.5, 0.6) is 0 Å². The second-order valence-electron chi connectivity index (χ2n) is 4.59. The Bertz CT molecular complexity index is 354. The van der Waals surface area contributed by atoms with E-state index in [4.69, 9.17) is 0 Å². The van der Waals surface area contributed by atoms with Crippen LogP contribution in [0.25, 0.3) is 0 Å². The van der Waals surface area contributed by atoms with Crippen LogP contribution in [0.15, 0.2) is 24.3 Å².